The summed E-state index contributed by atoms with van der Waals surface area (Å²) in [4.78, 5) is 11.8. The molecule has 0 spiro atoms. The zero-order valence-electron chi connectivity index (χ0n) is 15.4. The lowest BCUT2D eigenvalue weighted by Crippen LogP contribution is -2.59. The van der Waals surface area contributed by atoms with Gasteiger partial charge >= 0.3 is 5.97 Å². The number of ether oxygens (including phenoxy) is 3. The monoisotopic (exact) mass is 362 g/mol. The van der Waals surface area contributed by atoms with Gasteiger partial charge in [0.05, 0.1) is 0 Å². The molecule has 5 atom stereocenters. The van der Waals surface area contributed by atoms with Crippen molar-refractivity contribution in [2.75, 3.05) is 13.2 Å². The average molecular weight is 362 g/mol. The fourth-order valence-corrected chi connectivity index (χ4v) is 2.83. The lowest BCUT2D eigenvalue weighted by molar-refractivity contribution is -0.300. The molecule has 148 valence electrons. The first-order valence-electron chi connectivity index (χ1n) is 9.48. The van der Waals surface area contributed by atoms with E-state index in [1.165, 1.54) is 25.7 Å². The molecular weight excluding hydrogens is 328 g/mol. The third-order valence-electron chi connectivity index (χ3n) is 4.39. The van der Waals surface area contributed by atoms with Crippen molar-refractivity contribution in [2.24, 2.45) is 0 Å². The molecule has 0 bridgehead atoms. The van der Waals surface area contributed by atoms with Crippen molar-refractivity contribution in [3.63, 3.8) is 0 Å². The van der Waals surface area contributed by atoms with Crippen LogP contribution >= 0.6 is 0 Å². The minimum Gasteiger partial charge on any atom is -0.463 e. The van der Waals surface area contributed by atoms with Crippen LogP contribution in [-0.4, -0.2) is 65.2 Å². The average Bonchev–Trinajstić information content (AvgIpc) is 2.60. The van der Waals surface area contributed by atoms with Crippen molar-refractivity contribution in [1.29, 1.82) is 0 Å². The van der Waals surface area contributed by atoms with E-state index >= 15 is 0 Å². The zero-order chi connectivity index (χ0) is 18.7. The molecule has 1 heterocycles. The highest BCUT2D eigenvalue weighted by molar-refractivity contribution is 5.69. The number of carbonyl (C=O) groups is 1. The van der Waals surface area contributed by atoms with E-state index in [2.05, 4.69) is 6.92 Å². The van der Waals surface area contributed by atoms with Crippen LogP contribution in [0.2, 0.25) is 0 Å². The Labute approximate surface area is 150 Å². The highest BCUT2D eigenvalue weighted by Gasteiger charge is 2.44. The van der Waals surface area contributed by atoms with Gasteiger partial charge in [0.2, 0.25) is 0 Å². The molecule has 1 rings (SSSR count). The number of unbranched alkanes of at least 4 members (excludes halogenated alkanes) is 6. The van der Waals surface area contributed by atoms with Crippen LogP contribution in [0, 0.1) is 0 Å². The molecule has 0 unspecified atom stereocenters. The second kappa shape index (κ2) is 12.6. The quantitative estimate of drug-likeness (QED) is 0.357. The molecule has 0 aromatic rings. The van der Waals surface area contributed by atoms with E-state index in [1.807, 2.05) is 0 Å². The molecule has 0 amide bonds. The highest BCUT2D eigenvalue weighted by Crippen LogP contribution is 2.22. The van der Waals surface area contributed by atoms with Crippen molar-refractivity contribution >= 4 is 5.97 Å². The van der Waals surface area contributed by atoms with Crippen molar-refractivity contribution in [3.05, 3.63) is 0 Å². The standard InChI is InChI=1S/C18H34O7/c1-3-5-6-7-8-9-10-11-14(19)24-12-13-15(20)16(21)17(22)18(25-13)23-4-2/h13,15-18,20-22H,3-12H2,1-2H3/t13-,15-,16+,17-,18+/m1/s1. The number of esters is 1. The summed E-state index contributed by atoms with van der Waals surface area (Å²) in [6, 6.07) is 0. The van der Waals surface area contributed by atoms with Gasteiger partial charge in [-0.1, -0.05) is 45.4 Å². The van der Waals surface area contributed by atoms with Crippen molar-refractivity contribution in [3.8, 4) is 0 Å². The van der Waals surface area contributed by atoms with Crippen molar-refractivity contribution in [1.82, 2.24) is 0 Å². The summed E-state index contributed by atoms with van der Waals surface area (Å²) in [5.41, 5.74) is 0. The van der Waals surface area contributed by atoms with Gasteiger partial charge in [-0.3, -0.25) is 4.79 Å². The molecule has 0 radical (unpaired) electrons. The van der Waals surface area contributed by atoms with Gasteiger partial charge in [0.15, 0.2) is 6.29 Å². The third-order valence-corrected chi connectivity index (χ3v) is 4.39. The van der Waals surface area contributed by atoms with E-state index < -0.39 is 30.7 Å². The van der Waals surface area contributed by atoms with Crippen LogP contribution < -0.4 is 0 Å². The number of carbonyl (C=O) groups excluding carboxylic acids is 1. The first-order chi connectivity index (χ1) is 12.0. The number of aliphatic hydroxyl groups is 3. The topological polar surface area (TPSA) is 105 Å². The van der Waals surface area contributed by atoms with E-state index in [0.29, 0.717) is 6.42 Å². The van der Waals surface area contributed by atoms with Crippen LogP contribution in [0.3, 0.4) is 0 Å². The summed E-state index contributed by atoms with van der Waals surface area (Å²) in [7, 11) is 0. The van der Waals surface area contributed by atoms with E-state index in [4.69, 9.17) is 14.2 Å². The first-order valence-corrected chi connectivity index (χ1v) is 9.48. The Morgan fingerprint density at radius 2 is 1.56 bits per heavy atom. The molecule has 0 aromatic heterocycles. The van der Waals surface area contributed by atoms with Gasteiger partial charge in [-0.15, -0.1) is 0 Å². The van der Waals surface area contributed by atoms with E-state index in [9.17, 15) is 20.1 Å². The predicted molar refractivity (Wildman–Crippen MR) is 91.9 cm³/mol. The summed E-state index contributed by atoms with van der Waals surface area (Å²) >= 11 is 0. The zero-order valence-corrected chi connectivity index (χ0v) is 15.4. The minimum absolute atomic E-state index is 0.177. The fraction of sp³-hybridized carbons (Fsp3) is 0.944. The smallest absolute Gasteiger partial charge is 0.305 e. The predicted octanol–water partition coefficient (Wildman–Crippen LogP) is 1.51. The lowest BCUT2D eigenvalue weighted by atomic mass is 9.99. The number of hydrogen-bond donors (Lipinski definition) is 3. The third kappa shape index (κ3) is 8.00. The molecule has 1 saturated heterocycles. The van der Waals surface area contributed by atoms with Crippen LogP contribution in [-0.2, 0) is 19.0 Å². The summed E-state index contributed by atoms with van der Waals surface area (Å²) in [5, 5.41) is 29.6. The Morgan fingerprint density at radius 1 is 0.920 bits per heavy atom. The Morgan fingerprint density at radius 3 is 2.20 bits per heavy atom. The molecule has 0 aliphatic carbocycles. The van der Waals surface area contributed by atoms with E-state index in [0.717, 1.165) is 19.3 Å². The Hall–Kier alpha value is -0.730. The van der Waals surface area contributed by atoms with E-state index in [-0.39, 0.29) is 19.2 Å². The van der Waals surface area contributed by atoms with Gasteiger partial charge in [0.1, 0.15) is 31.0 Å². The normalized spacial score (nSPS) is 29.6. The number of rotatable bonds is 12. The molecule has 3 N–H and O–H groups in total. The summed E-state index contributed by atoms with van der Waals surface area (Å²) in [5.74, 6) is -0.349. The summed E-state index contributed by atoms with van der Waals surface area (Å²) in [6.45, 7) is 4.02. The van der Waals surface area contributed by atoms with Crippen LogP contribution in [0.5, 0.6) is 0 Å². The Balaban J connectivity index is 2.23. The van der Waals surface area contributed by atoms with Gasteiger partial charge in [-0.25, -0.2) is 0 Å². The second-order valence-electron chi connectivity index (χ2n) is 6.52. The van der Waals surface area contributed by atoms with Gasteiger partial charge in [-0.2, -0.15) is 0 Å². The lowest BCUT2D eigenvalue weighted by Gasteiger charge is -2.39. The van der Waals surface area contributed by atoms with Crippen LogP contribution in [0.15, 0.2) is 0 Å². The minimum atomic E-state index is -1.41. The van der Waals surface area contributed by atoms with Crippen LogP contribution in [0.1, 0.15) is 65.2 Å². The van der Waals surface area contributed by atoms with Gasteiger partial charge in [-0.05, 0) is 13.3 Å². The maximum Gasteiger partial charge on any atom is 0.305 e. The van der Waals surface area contributed by atoms with Crippen molar-refractivity contribution < 1.29 is 34.3 Å². The largest absolute Gasteiger partial charge is 0.463 e. The molecule has 7 nitrogen and oxygen atoms in total. The molecule has 25 heavy (non-hydrogen) atoms. The molecular formula is C18H34O7. The highest BCUT2D eigenvalue weighted by atomic mass is 16.7. The molecule has 7 heteroatoms. The maximum absolute atomic E-state index is 11.8. The molecule has 1 fully saturated rings. The number of hydrogen-bond acceptors (Lipinski definition) is 7. The van der Waals surface area contributed by atoms with E-state index in [1.54, 1.807) is 6.92 Å². The molecule has 0 aromatic carbocycles. The van der Waals surface area contributed by atoms with Gasteiger partial charge in [0.25, 0.3) is 0 Å². The summed E-state index contributed by atoms with van der Waals surface area (Å²) in [6.07, 6.45) is 2.10. The summed E-state index contributed by atoms with van der Waals surface area (Å²) < 4.78 is 15.7. The van der Waals surface area contributed by atoms with Gasteiger partial charge < -0.3 is 29.5 Å². The molecule has 1 aliphatic heterocycles. The molecule has 0 saturated carbocycles. The van der Waals surface area contributed by atoms with Crippen LogP contribution in [0.25, 0.3) is 0 Å². The Bertz CT molecular complexity index is 363. The van der Waals surface area contributed by atoms with Gasteiger partial charge in [0, 0.05) is 13.0 Å². The fourth-order valence-electron chi connectivity index (χ4n) is 2.83. The van der Waals surface area contributed by atoms with Crippen LogP contribution in [0.4, 0.5) is 0 Å². The Kier molecular flexibility index (Phi) is 11.2. The maximum atomic E-state index is 11.8. The first kappa shape index (κ1) is 22.3. The second-order valence-corrected chi connectivity index (χ2v) is 6.52. The molecule has 1 aliphatic rings. The number of aliphatic hydroxyl groups excluding tert-OH is 3. The SMILES string of the molecule is CCCCCCCCCC(=O)OC[C@H]1O[C@H](OCC)[C@H](O)[C@@H](O)[C@@H]1O. The van der Waals surface area contributed by atoms with Crippen molar-refractivity contribution in [2.45, 2.75) is 95.9 Å².